The lowest BCUT2D eigenvalue weighted by Crippen LogP contribution is -2.16. The largest absolute Gasteiger partial charge is 0.397 e. The average molecular weight is 502 g/mol. The fraction of sp³-hybridized carbons (Fsp3) is 0.0345. The van der Waals surface area contributed by atoms with Crippen LogP contribution in [0.1, 0.15) is 31.8 Å². The van der Waals surface area contributed by atoms with Crippen molar-refractivity contribution < 1.29 is 9.59 Å². The Hall–Kier alpha value is -5.44. The fourth-order valence-electron chi connectivity index (χ4n) is 3.81. The van der Waals surface area contributed by atoms with E-state index in [0.717, 1.165) is 16.7 Å². The van der Waals surface area contributed by atoms with E-state index < -0.39 is 0 Å². The molecule has 2 aromatic heterocycles. The molecule has 0 fully saturated rings. The van der Waals surface area contributed by atoms with Crippen LogP contribution in [0.2, 0.25) is 0 Å². The van der Waals surface area contributed by atoms with Gasteiger partial charge in [0.1, 0.15) is 5.69 Å². The van der Waals surface area contributed by atoms with E-state index in [1.54, 1.807) is 71.8 Å². The zero-order valence-corrected chi connectivity index (χ0v) is 20.2. The van der Waals surface area contributed by atoms with Gasteiger partial charge >= 0.3 is 0 Å². The Morgan fingerprint density at radius 2 is 1.74 bits per heavy atom. The van der Waals surface area contributed by atoms with Crippen LogP contribution in [0.4, 0.5) is 11.4 Å². The first-order valence-corrected chi connectivity index (χ1v) is 11.8. The molecule has 2 heterocycles. The summed E-state index contributed by atoms with van der Waals surface area (Å²) in [7, 11) is 0. The molecular weight excluding hydrogens is 478 g/mol. The second kappa shape index (κ2) is 11.1. The van der Waals surface area contributed by atoms with Crippen molar-refractivity contribution >= 4 is 29.4 Å². The average Bonchev–Trinajstić information content (AvgIpc) is 3.42. The van der Waals surface area contributed by atoms with Gasteiger partial charge in [-0.1, -0.05) is 53.7 Å². The zero-order valence-electron chi connectivity index (χ0n) is 20.2. The van der Waals surface area contributed by atoms with E-state index in [0.29, 0.717) is 34.7 Å². The molecule has 0 saturated heterocycles. The fourth-order valence-corrected chi connectivity index (χ4v) is 3.81. The molecule has 0 aliphatic rings. The van der Waals surface area contributed by atoms with Crippen LogP contribution in [0, 0.1) is 0 Å². The number of nitrogens with zero attached hydrogens (tertiary/aromatic N) is 5. The molecule has 0 unspecified atom stereocenters. The Kier molecular flexibility index (Phi) is 7.08. The van der Waals surface area contributed by atoms with E-state index in [9.17, 15) is 9.59 Å². The number of aromatic nitrogens is 4. The Bertz CT molecular complexity index is 1610. The van der Waals surface area contributed by atoms with Crippen LogP contribution in [0.5, 0.6) is 0 Å². The van der Waals surface area contributed by atoms with E-state index in [1.165, 1.54) is 6.21 Å². The van der Waals surface area contributed by atoms with Crippen molar-refractivity contribution in [2.45, 2.75) is 6.54 Å². The quantitative estimate of drug-likeness (QED) is 0.250. The molecule has 9 heteroatoms. The van der Waals surface area contributed by atoms with Crippen molar-refractivity contribution in [3.8, 4) is 11.3 Å². The van der Waals surface area contributed by atoms with Gasteiger partial charge in [0, 0.05) is 40.9 Å². The molecule has 0 aliphatic heterocycles. The molecule has 0 atom stereocenters. The number of nitrogen functional groups attached to an aromatic ring is 1. The number of hydrogen-bond donors (Lipinski definition) is 2. The summed E-state index contributed by atoms with van der Waals surface area (Å²) in [6.07, 6.45) is 6.57. The van der Waals surface area contributed by atoms with Crippen LogP contribution < -0.4 is 11.1 Å². The Morgan fingerprint density at radius 3 is 2.53 bits per heavy atom. The maximum atomic E-state index is 13.0. The molecule has 0 aliphatic carbocycles. The number of anilines is 2. The minimum atomic E-state index is -0.351. The monoisotopic (exact) mass is 501 g/mol. The van der Waals surface area contributed by atoms with Gasteiger partial charge in [0.15, 0.2) is 0 Å². The highest BCUT2D eigenvalue weighted by atomic mass is 16.2. The number of benzene rings is 3. The lowest BCUT2D eigenvalue weighted by molar-refractivity contribution is 0.100. The number of aliphatic imine (C=N–C) groups is 1. The summed E-state index contributed by atoms with van der Waals surface area (Å²) in [5.74, 6) is -0.610. The SMILES string of the molecule is Nc1ccccc1NC(=O)c1ccccc1Cn1cc(-c2ccc(C(=O)N=Cc3cccnc3)cc2)nn1. The molecule has 38 heavy (non-hydrogen) atoms. The summed E-state index contributed by atoms with van der Waals surface area (Å²) in [4.78, 5) is 33.4. The standard InChI is InChI=1S/C29H23N7O2/c30-25-9-3-4-10-26(25)33-29(38)24-8-2-1-7-23(24)18-36-19-27(34-35-36)21-11-13-22(14-12-21)28(37)32-17-20-6-5-15-31-16-20/h1-17,19H,18,30H2,(H,33,38). The number of carbonyl (C=O) groups is 2. The number of para-hydroxylation sites is 2. The van der Waals surface area contributed by atoms with Gasteiger partial charge in [0.05, 0.1) is 24.1 Å². The number of nitrogens with one attached hydrogen (secondary N) is 1. The van der Waals surface area contributed by atoms with Crippen LogP contribution >= 0.6 is 0 Å². The van der Waals surface area contributed by atoms with Crippen molar-refractivity contribution in [1.82, 2.24) is 20.0 Å². The number of amides is 2. The molecule has 5 rings (SSSR count). The van der Waals surface area contributed by atoms with Crippen molar-refractivity contribution in [3.63, 3.8) is 0 Å². The Morgan fingerprint density at radius 1 is 0.947 bits per heavy atom. The molecule has 9 nitrogen and oxygen atoms in total. The van der Waals surface area contributed by atoms with Gasteiger partial charge < -0.3 is 11.1 Å². The summed E-state index contributed by atoms with van der Waals surface area (Å²) in [5.41, 5.74) is 11.0. The maximum Gasteiger partial charge on any atom is 0.276 e. The molecule has 3 aromatic carbocycles. The Balaban J connectivity index is 1.27. The number of hydrogen-bond acceptors (Lipinski definition) is 6. The predicted molar refractivity (Wildman–Crippen MR) is 146 cm³/mol. The van der Waals surface area contributed by atoms with E-state index in [1.807, 2.05) is 36.4 Å². The number of carbonyl (C=O) groups excluding carboxylic acids is 2. The van der Waals surface area contributed by atoms with E-state index in [2.05, 4.69) is 25.6 Å². The number of pyridine rings is 1. The first kappa shape index (κ1) is 24.3. The van der Waals surface area contributed by atoms with E-state index in [-0.39, 0.29) is 11.8 Å². The van der Waals surface area contributed by atoms with Crippen LogP contribution in [-0.2, 0) is 6.54 Å². The van der Waals surface area contributed by atoms with Gasteiger partial charge in [-0.15, -0.1) is 5.10 Å². The molecule has 3 N–H and O–H groups in total. The van der Waals surface area contributed by atoms with Gasteiger partial charge in [0.25, 0.3) is 11.8 Å². The minimum absolute atomic E-state index is 0.259. The summed E-state index contributed by atoms with van der Waals surface area (Å²) >= 11 is 0. The third kappa shape index (κ3) is 5.68. The van der Waals surface area contributed by atoms with E-state index >= 15 is 0 Å². The van der Waals surface area contributed by atoms with Crippen molar-refractivity contribution in [1.29, 1.82) is 0 Å². The summed E-state index contributed by atoms with van der Waals surface area (Å²) < 4.78 is 1.66. The van der Waals surface area contributed by atoms with Crippen LogP contribution in [0.25, 0.3) is 11.3 Å². The third-order valence-corrected chi connectivity index (χ3v) is 5.78. The normalized spacial score (nSPS) is 10.9. The van der Waals surface area contributed by atoms with Crippen LogP contribution in [-0.4, -0.2) is 38.0 Å². The lowest BCUT2D eigenvalue weighted by Gasteiger charge is -2.11. The lowest BCUT2D eigenvalue weighted by atomic mass is 10.1. The van der Waals surface area contributed by atoms with Crippen molar-refractivity contribution in [3.05, 3.63) is 126 Å². The molecule has 0 saturated carbocycles. The third-order valence-electron chi connectivity index (χ3n) is 5.78. The molecule has 0 radical (unpaired) electrons. The Labute approximate surface area is 218 Å². The van der Waals surface area contributed by atoms with Crippen molar-refractivity contribution in [2.75, 3.05) is 11.1 Å². The topological polar surface area (TPSA) is 128 Å². The highest BCUT2D eigenvalue weighted by Gasteiger charge is 2.14. The summed E-state index contributed by atoms with van der Waals surface area (Å²) in [5, 5.41) is 11.4. The summed E-state index contributed by atoms with van der Waals surface area (Å²) in [6.45, 7) is 0.348. The second-order valence-electron chi connectivity index (χ2n) is 8.43. The molecule has 186 valence electrons. The van der Waals surface area contributed by atoms with Gasteiger partial charge in [-0.25, -0.2) is 9.67 Å². The second-order valence-corrected chi connectivity index (χ2v) is 8.43. The highest BCUT2D eigenvalue weighted by Crippen LogP contribution is 2.21. The molecule has 0 bridgehead atoms. The zero-order chi connectivity index (χ0) is 26.3. The van der Waals surface area contributed by atoms with E-state index in [4.69, 9.17) is 5.73 Å². The first-order chi connectivity index (χ1) is 18.6. The molecule has 5 aromatic rings. The highest BCUT2D eigenvalue weighted by molar-refractivity contribution is 6.06. The van der Waals surface area contributed by atoms with Crippen LogP contribution in [0.15, 0.2) is 109 Å². The van der Waals surface area contributed by atoms with Gasteiger partial charge in [-0.05, 0) is 42.0 Å². The van der Waals surface area contributed by atoms with Gasteiger partial charge in [-0.3, -0.25) is 14.6 Å². The molecule has 2 amide bonds. The van der Waals surface area contributed by atoms with Gasteiger partial charge in [-0.2, -0.15) is 0 Å². The first-order valence-electron chi connectivity index (χ1n) is 11.8. The van der Waals surface area contributed by atoms with Crippen molar-refractivity contribution in [2.24, 2.45) is 4.99 Å². The van der Waals surface area contributed by atoms with Crippen LogP contribution in [0.3, 0.4) is 0 Å². The minimum Gasteiger partial charge on any atom is -0.397 e. The smallest absolute Gasteiger partial charge is 0.276 e. The predicted octanol–water partition coefficient (Wildman–Crippen LogP) is 4.48. The molecule has 0 spiro atoms. The molecular formula is C29H23N7O2. The van der Waals surface area contributed by atoms with Gasteiger partial charge in [0.2, 0.25) is 0 Å². The summed E-state index contributed by atoms with van der Waals surface area (Å²) in [6, 6.07) is 25.0. The number of nitrogens with two attached hydrogens (primary N) is 1. The number of rotatable bonds is 7. The maximum absolute atomic E-state index is 13.0.